The van der Waals surface area contributed by atoms with Gasteiger partial charge in [-0.3, -0.25) is 9.59 Å². The highest BCUT2D eigenvalue weighted by Crippen LogP contribution is 2.67. The van der Waals surface area contributed by atoms with E-state index in [1.165, 1.54) is 0 Å². The first-order chi connectivity index (χ1) is 16.1. The predicted octanol–water partition coefficient (Wildman–Crippen LogP) is 3.65. The summed E-state index contributed by atoms with van der Waals surface area (Å²) in [4.78, 5) is 37.7. The number of carbonyl (C=O) groups is 3. The second-order valence-electron chi connectivity index (χ2n) is 11.3. The van der Waals surface area contributed by atoms with Gasteiger partial charge in [0.15, 0.2) is 12.4 Å². The van der Waals surface area contributed by atoms with Crippen molar-refractivity contribution < 1.29 is 29.3 Å². The van der Waals surface area contributed by atoms with Crippen LogP contribution < -0.4 is 0 Å². The molecular weight excluding hydrogens is 432 g/mol. The molecule has 5 rings (SSSR count). The van der Waals surface area contributed by atoms with Gasteiger partial charge in [0.2, 0.25) is 5.78 Å². The lowest BCUT2D eigenvalue weighted by molar-refractivity contribution is -0.182. The zero-order valence-electron chi connectivity index (χ0n) is 20.0. The molecule has 3 saturated carbocycles. The summed E-state index contributed by atoms with van der Waals surface area (Å²) in [6.07, 6.45) is 5.40. The number of esters is 1. The fourth-order valence-corrected chi connectivity index (χ4v) is 8.06. The third-order valence-corrected chi connectivity index (χ3v) is 9.85. The van der Waals surface area contributed by atoms with Gasteiger partial charge in [-0.2, -0.15) is 0 Å². The Bertz CT molecular complexity index is 1050. The molecule has 0 spiro atoms. The number of aliphatic hydroxyl groups is 2. The molecule has 34 heavy (non-hydrogen) atoms. The quantitative estimate of drug-likeness (QED) is 0.657. The fourth-order valence-electron chi connectivity index (χ4n) is 8.06. The molecule has 4 aliphatic rings. The fraction of sp³-hybridized carbons (Fsp3) is 0.607. The smallest absolute Gasteiger partial charge is 0.338 e. The van der Waals surface area contributed by atoms with Gasteiger partial charge in [-0.25, -0.2) is 4.79 Å². The van der Waals surface area contributed by atoms with Crippen molar-refractivity contribution in [3.63, 3.8) is 0 Å². The highest BCUT2D eigenvalue weighted by atomic mass is 16.5. The zero-order valence-corrected chi connectivity index (χ0v) is 20.0. The van der Waals surface area contributed by atoms with E-state index in [4.69, 9.17) is 4.74 Å². The maximum Gasteiger partial charge on any atom is 0.338 e. The van der Waals surface area contributed by atoms with Crippen LogP contribution in [-0.4, -0.2) is 46.1 Å². The molecule has 2 N–H and O–H groups in total. The summed E-state index contributed by atoms with van der Waals surface area (Å²) >= 11 is 0. The third-order valence-electron chi connectivity index (χ3n) is 9.85. The van der Waals surface area contributed by atoms with Crippen LogP contribution in [-0.2, 0) is 14.3 Å². The summed E-state index contributed by atoms with van der Waals surface area (Å²) in [7, 11) is 0. The van der Waals surface area contributed by atoms with Crippen LogP contribution >= 0.6 is 0 Å². The normalized spacial score (nSPS) is 41.1. The van der Waals surface area contributed by atoms with Gasteiger partial charge in [-0.15, -0.1) is 0 Å². The summed E-state index contributed by atoms with van der Waals surface area (Å²) in [5, 5.41) is 23.2. The molecule has 0 aromatic heterocycles. The Morgan fingerprint density at radius 3 is 2.56 bits per heavy atom. The van der Waals surface area contributed by atoms with E-state index in [1.54, 1.807) is 36.4 Å². The van der Waals surface area contributed by atoms with Gasteiger partial charge in [0.25, 0.3) is 0 Å². The van der Waals surface area contributed by atoms with Gasteiger partial charge >= 0.3 is 5.97 Å². The van der Waals surface area contributed by atoms with Crippen LogP contribution in [0.15, 0.2) is 42.0 Å². The molecular formula is C28H34O6. The molecule has 3 fully saturated rings. The van der Waals surface area contributed by atoms with E-state index in [0.29, 0.717) is 31.2 Å². The first-order valence-corrected chi connectivity index (χ1v) is 12.5. The van der Waals surface area contributed by atoms with E-state index in [0.717, 1.165) is 24.8 Å². The Labute approximate surface area is 200 Å². The Morgan fingerprint density at radius 1 is 1.09 bits per heavy atom. The van der Waals surface area contributed by atoms with Crippen molar-refractivity contribution >= 4 is 17.5 Å². The van der Waals surface area contributed by atoms with Crippen LogP contribution in [0.3, 0.4) is 0 Å². The van der Waals surface area contributed by atoms with Crippen molar-refractivity contribution in [1.29, 1.82) is 0 Å². The summed E-state index contributed by atoms with van der Waals surface area (Å²) < 4.78 is 5.27. The van der Waals surface area contributed by atoms with Gasteiger partial charge in [-0.05, 0) is 79.9 Å². The second kappa shape index (κ2) is 8.13. The van der Waals surface area contributed by atoms with E-state index in [2.05, 4.69) is 6.92 Å². The predicted molar refractivity (Wildman–Crippen MR) is 125 cm³/mol. The lowest BCUT2D eigenvalue weighted by Gasteiger charge is -2.60. The van der Waals surface area contributed by atoms with Crippen LogP contribution in [0, 0.1) is 28.6 Å². The van der Waals surface area contributed by atoms with Crippen LogP contribution in [0.2, 0.25) is 0 Å². The Hall–Kier alpha value is -2.31. The number of hydrogen-bond donors (Lipinski definition) is 2. The minimum absolute atomic E-state index is 0.0204. The van der Waals surface area contributed by atoms with E-state index in [9.17, 15) is 24.6 Å². The van der Waals surface area contributed by atoms with Crippen molar-refractivity contribution in [1.82, 2.24) is 0 Å². The van der Waals surface area contributed by atoms with Crippen molar-refractivity contribution in [2.24, 2.45) is 28.6 Å². The van der Waals surface area contributed by atoms with Gasteiger partial charge in [0.1, 0.15) is 5.60 Å². The first kappa shape index (κ1) is 23.4. The summed E-state index contributed by atoms with van der Waals surface area (Å²) in [5.41, 5.74) is -1.12. The second-order valence-corrected chi connectivity index (χ2v) is 11.3. The molecule has 0 saturated heterocycles. The third kappa shape index (κ3) is 3.33. The van der Waals surface area contributed by atoms with Crippen LogP contribution in [0.1, 0.15) is 69.2 Å². The monoisotopic (exact) mass is 466 g/mol. The molecule has 0 bridgehead atoms. The highest BCUT2D eigenvalue weighted by molar-refractivity contribution is 5.94. The van der Waals surface area contributed by atoms with Crippen molar-refractivity contribution in [3.05, 3.63) is 47.5 Å². The van der Waals surface area contributed by atoms with Crippen molar-refractivity contribution in [2.75, 3.05) is 6.61 Å². The van der Waals surface area contributed by atoms with Gasteiger partial charge in [0.05, 0.1) is 11.7 Å². The molecule has 0 aliphatic heterocycles. The summed E-state index contributed by atoms with van der Waals surface area (Å²) in [5.74, 6) is -0.613. The molecule has 0 radical (unpaired) electrons. The summed E-state index contributed by atoms with van der Waals surface area (Å²) in [6.45, 7) is 3.63. The molecule has 7 atom stereocenters. The molecule has 6 heteroatoms. The van der Waals surface area contributed by atoms with E-state index in [1.807, 2.05) is 6.92 Å². The van der Waals surface area contributed by atoms with E-state index >= 15 is 0 Å². The molecule has 4 aliphatic carbocycles. The minimum atomic E-state index is -1.64. The van der Waals surface area contributed by atoms with Crippen LogP contribution in [0.5, 0.6) is 0 Å². The molecule has 7 unspecified atom stereocenters. The maximum absolute atomic E-state index is 13.3. The molecule has 1 aromatic rings. The number of benzene rings is 1. The largest absolute Gasteiger partial charge is 0.454 e. The Morgan fingerprint density at radius 2 is 1.82 bits per heavy atom. The van der Waals surface area contributed by atoms with E-state index in [-0.39, 0.29) is 29.0 Å². The van der Waals surface area contributed by atoms with Gasteiger partial charge in [-0.1, -0.05) is 37.6 Å². The number of hydrogen-bond acceptors (Lipinski definition) is 6. The number of ketones is 2. The zero-order chi connectivity index (χ0) is 24.3. The lowest BCUT2D eigenvalue weighted by atomic mass is 9.45. The van der Waals surface area contributed by atoms with Gasteiger partial charge in [0, 0.05) is 11.8 Å². The SMILES string of the molecule is CC12CCC(=O)C=C1CCC1C2C(O)CC2(C)C1CCC2(O)C(=O)COC(=O)c1ccccc1. The molecule has 6 nitrogen and oxygen atoms in total. The molecule has 0 amide bonds. The maximum atomic E-state index is 13.3. The van der Waals surface area contributed by atoms with Crippen molar-refractivity contribution in [2.45, 2.75) is 70.5 Å². The standard InChI is InChI=1S/C28H34O6/c1-26-12-10-19(29)14-18(26)8-9-20-21-11-13-28(33,27(21,2)15-22(30)24(20)26)23(31)16-34-25(32)17-6-4-3-5-7-17/h3-7,14,20-22,24,30,33H,8-13,15-16H2,1-2H3. The molecule has 0 heterocycles. The highest BCUT2D eigenvalue weighted by Gasteiger charge is 2.68. The molecule has 1 aromatic carbocycles. The first-order valence-electron chi connectivity index (χ1n) is 12.5. The van der Waals surface area contributed by atoms with Crippen LogP contribution in [0.25, 0.3) is 0 Å². The number of allylic oxidation sites excluding steroid dienone is 1. The number of fused-ring (bicyclic) bond motifs is 5. The number of rotatable bonds is 4. The number of aliphatic hydroxyl groups excluding tert-OH is 1. The Kier molecular flexibility index (Phi) is 5.60. The van der Waals surface area contributed by atoms with Crippen molar-refractivity contribution in [3.8, 4) is 0 Å². The number of carbonyl (C=O) groups excluding carboxylic acids is 3. The number of Topliss-reactive ketones (excluding diaryl/α,β-unsaturated/α-hetero) is 1. The topological polar surface area (TPSA) is 101 Å². The minimum Gasteiger partial charge on any atom is -0.454 e. The Balaban J connectivity index is 1.37. The molecule has 182 valence electrons. The lowest BCUT2D eigenvalue weighted by Crippen LogP contribution is -2.62. The average molecular weight is 467 g/mol. The van der Waals surface area contributed by atoms with Gasteiger partial charge < -0.3 is 14.9 Å². The van der Waals surface area contributed by atoms with E-state index < -0.39 is 35.5 Å². The van der Waals surface area contributed by atoms with Crippen LogP contribution in [0.4, 0.5) is 0 Å². The number of ether oxygens (including phenoxy) is 1. The summed E-state index contributed by atoms with van der Waals surface area (Å²) in [6, 6.07) is 8.49. The average Bonchev–Trinajstić information content (AvgIpc) is 3.09.